The number of piperazine rings is 2. The average Bonchev–Trinajstić information content (AvgIpc) is 3.37. The van der Waals surface area contributed by atoms with Gasteiger partial charge in [0, 0.05) is 88.4 Å². The maximum atomic E-state index is 12.2. The summed E-state index contributed by atoms with van der Waals surface area (Å²) in [6, 6.07) is 19.4. The largest absolute Gasteiger partial charge is 0.445 e. The lowest BCUT2D eigenvalue weighted by atomic mass is 10.2. The average molecular weight is 947 g/mol. The highest BCUT2D eigenvalue weighted by atomic mass is 16.6. The molecule has 0 aliphatic carbocycles. The smallest absolute Gasteiger partial charge is 0.410 e. The zero-order valence-electron chi connectivity index (χ0n) is 39.4. The molecule has 0 unspecified atom stereocenters. The van der Waals surface area contributed by atoms with Gasteiger partial charge in [-0.2, -0.15) is 0 Å². The van der Waals surface area contributed by atoms with Crippen molar-refractivity contribution in [3.63, 3.8) is 0 Å². The first-order valence-corrected chi connectivity index (χ1v) is 23.0. The fourth-order valence-corrected chi connectivity index (χ4v) is 5.78. The molecule has 0 bridgehead atoms. The van der Waals surface area contributed by atoms with E-state index < -0.39 is 0 Å². The Bertz CT molecular complexity index is 1570. The molecule has 22 nitrogen and oxygen atoms in total. The van der Waals surface area contributed by atoms with Gasteiger partial charge in [0.05, 0.1) is 99.1 Å². The van der Waals surface area contributed by atoms with Gasteiger partial charge in [0.2, 0.25) is 0 Å². The van der Waals surface area contributed by atoms with Crippen molar-refractivity contribution in [2.75, 3.05) is 178 Å². The first-order valence-electron chi connectivity index (χ1n) is 23.0. The lowest BCUT2D eigenvalue weighted by molar-refractivity contribution is -0.00457. The molecule has 0 spiro atoms. The molecule has 1 N–H and O–H groups in total. The molecule has 2 aromatic rings. The van der Waals surface area contributed by atoms with E-state index in [0.717, 1.165) is 70.0 Å². The zero-order valence-corrected chi connectivity index (χ0v) is 39.4. The number of carbonyl (C=O) groups excluding carboxylic acids is 2. The second-order valence-corrected chi connectivity index (χ2v) is 14.5. The summed E-state index contributed by atoms with van der Waals surface area (Å²) in [4.78, 5) is 34.9. The van der Waals surface area contributed by atoms with Gasteiger partial charge in [0.25, 0.3) is 0 Å². The minimum atomic E-state index is -0.256. The standard InChI is InChI=1S/C22H35N5O6.C12H16N2O2.C11H23N3O4/c23-25-24-6-12-29-14-16-31-18-19-32-17-15-30-13-11-26-7-9-27(10-8-26)22(28)33-20-21-4-2-1-3-5-21;15-12(14-8-6-13-7-9-14)16-10-11-4-2-1-3-5-11;1-2-4-15-6-8-17-10-11-18-9-7-16-5-3-13-14-12/h1-5H,6-20H2;1-5,13H,6-10H2;2-11H2,1H3. The van der Waals surface area contributed by atoms with Gasteiger partial charge in [-0.15, -0.1) is 0 Å². The minimum absolute atomic E-state index is 0.217. The van der Waals surface area contributed by atoms with Crippen molar-refractivity contribution in [3.05, 3.63) is 92.7 Å². The van der Waals surface area contributed by atoms with Crippen molar-refractivity contribution in [2.24, 2.45) is 10.2 Å². The second-order valence-electron chi connectivity index (χ2n) is 14.5. The lowest BCUT2D eigenvalue weighted by Crippen LogP contribution is -2.49. The van der Waals surface area contributed by atoms with Crippen molar-refractivity contribution in [1.82, 2.24) is 20.0 Å². The molecule has 0 saturated carbocycles. The van der Waals surface area contributed by atoms with Gasteiger partial charge in [0.15, 0.2) is 0 Å². The number of nitrogens with one attached hydrogen (secondary N) is 1. The van der Waals surface area contributed by atoms with Crippen molar-refractivity contribution in [1.29, 1.82) is 0 Å². The normalized spacial score (nSPS) is 13.5. The first-order chi connectivity index (χ1) is 33.1. The molecule has 2 heterocycles. The molecular formula is C45H74N10O12. The molecule has 2 aromatic carbocycles. The third kappa shape index (κ3) is 34.2. The van der Waals surface area contributed by atoms with Gasteiger partial charge in [-0.3, -0.25) is 4.90 Å². The van der Waals surface area contributed by atoms with E-state index in [0.29, 0.717) is 138 Å². The van der Waals surface area contributed by atoms with Crippen LogP contribution in [0.3, 0.4) is 0 Å². The summed E-state index contributed by atoms with van der Waals surface area (Å²) in [6.07, 6.45) is 0.557. The highest BCUT2D eigenvalue weighted by molar-refractivity contribution is 5.68. The molecule has 67 heavy (non-hydrogen) atoms. The second kappa shape index (κ2) is 43.8. The van der Waals surface area contributed by atoms with Crippen LogP contribution in [-0.4, -0.2) is 205 Å². The van der Waals surface area contributed by atoms with Crippen LogP contribution in [0.2, 0.25) is 0 Å². The zero-order chi connectivity index (χ0) is 47.9. The molecule has 22 heteroatoms. The van der Waals surface area contributed by atoms with Crippen LogP contribution in [0.4, 0.5) is 9.59 Å². The molecule has 4 rings (SSSR count). The van der Waals surface area contributed by atoms with Gasteiger partial charge in [-0.25, -0.2) is 9.59 Å². The Hall–Kier alpha value is -4.80. The summed E-state index contributed by atoms with van der Waals surface area (Å²) >= 11 is 0. The maximum absolute atomic E-state index is 12.2. The molecular weight excluding hydrogens is 873 g/mol. The van der Waals surface area contributed by atoms with Gasteiger partial charge in [-0.1, -0.05) is 77.8 Å². The maximum Gasteiger partial charge on any atom is 0.410 e. The number of nitrogens with zero attached hydrogens (tertiary/aromatic N) is 9. The van der Waals surface area contributed by atoms with Crippen LogP contribution in [0.25, 0.3) is 20.9 Å². The number of azide groups is 2. The van der Waals surface area contributed by atoms with Crippen molar-refractivity contribution >= 4 is 12.2 Å². The van der Waals surface area contributed by atoms with Crippen LogP contribution in [-0.2, 0) is 60.6 Å². The van der Waals surface area contributed by atoms with E-state index >= 15 is 0 Å². The summed E-state index contributed by atoms with van der Waals surface area (Å²) in [5.74, 6) is 0. The highest BCUT2D eigenvalue weighted by Crippen LogP contribution is 2.07. The summed E-state index contributed by atoms with van der Waals surface area (Å²) < 4.78 is 53.3. The minimum Gasteiger partial charge on any atom is -0.445 e. The van der Waals surface area contributed by atoms with E-state index in [1.807, 2.05) is 60.7 Å². The Kier molecular flexibility index (Phi) is 38.1. The predicted octanol–water partition coefficient (Wildman–Crippen LogP) is 5.32. The number of amides is 2. The number of benzene rings is 2. The van der Waals surface area contributed by atoms with Crippen LogP contribution in [0.1, 0.15) is 24.5 Å². The highest BCUT2D eigenvalue weighted by Gasteiger charge is 2.22. The predicted molar refractivity (Wildman–Crippen MR) is 251 cm³/mol. The Labute approximate surface area is 395 Å². The lowest BCUT2D eigenvalue weighted by Gasteiger charge is -2.33. The number of ether oxygens (including phenoxy) is 10. The number of carbonyl (C=O) groups is 2. The third-order valence-corrected chi connectivity index (χ3v) is 9.35. The van der Waals surface area contributed by atoms with Gasteiger partial charge in [-0.05, 0) is 28.6 Å². The van der Waals surface area contributed by atoms with Crippen molar-refractivity contribution in [3.8, 4) is 0 Å². The van der Waals surface area contributed by atoms with E-state index in [9.17, 15) is 9.59 Å². The van der Waals surface area contributed by atoms with Gasteiger partial charge >= 0.3 is 12.2 Å². The molecule has 2 amide bonds. The molecule has 376 valence electrons. The van der Waals surface area contributed by atoms with Crippen LogP contribution < -0.4 is 5.32 Å². The van der Waals surface area contributed by atoms with E-state index in [-0.39, 0.29) is 12.2 Å². The van der Waals surface area contributed by atoms with Crippen LogP contribution in [0, 0.1) is 0 Å². The molecule has 0 radical (unpaired) electrons. The molecule has 0 aromatic heterocycles. The Balaban J connectivity index is 0.000000381. The number of rotatable bonds is 33. The van der Waals surface area contributed by atoms with Crippen LogP contribution in [0.15, 0.2) is 70.9 Å². The first kappa shape index (κ1) is 58.3. The van der Waals surface area contributed by atoms with E-state index in [2.05, 4.69) is 37.2 Å². The summed E-state index contributed by atoms with van der Waals surface area (Å²) in [5.41, 5.74) is 18.1. The Morgan fingerprint density at radius 2 is 0.866 bits per heavy atom. The van der Waals surface area contributed by atoms with Crippen molar-refractivity contribution < 1.29 is 57.0 Å². The summed E-state index contributed by atoms with van der Waals surface area (Å²) in [7, 11) is 0. The third-order valence-electron chi connectivity index (χ3n) is 9.35. The van der Waals surface area contributed by atoms with Gasteiger partial charge < -0.3 is 62.5 Å². The molecule has 2 aliphatic heterocycles. The molecule has 2 aliphatic rings. The van der Waals surface area contributed by atoms with E-state index in [4.69, 9.17) is 58.4 Å². The molecule has 0 atom stereocenters. The molecule has 2 saturated heterocycles. The monoisotopic (exact) mass is 947 g/mol. The summed E-state index contributed by atoms with van der Waals surface area (Å²) in [5, 5.41) is 9.91. The molecule has 2 fully saturated rings. The Morgan fingerprint density at radius 3 is 1.25 bits per heavy atom. The van der Waals surface area contributed by atoms with Crippen LogP contribution in [0.5, 0.6) is 0 Å². The quantitative estimate of drug-likeness (QED) is 0.0412. The van der Waals surface area contributed by atoms with Crippen LogP contribution >= 0.6 is 0 Å². The number of hydrogen-bond donors (Lipinski definition) is 1. The fraction of sp³-hybridized carbons (Fsp3) is 0.689. The fourth-order valence-electron chi connectivity index (χ4n) is 5.78. The van der Waals surface area contributed by atoms with E-state index in [1.165, 1.54) is 0 Å². The van der Waals surface area contributed by atoms with Gasteiger partial charge in [0.1, 0.15) is 13.2 Å². The SMILES string of the molecule is CCCOCCOCCOCCOCCN=[N+]=[N-].O=C(OCc1ccccc1)N1CCNCC1.[N-]=[N+]=NCCOCCOCCOCCOCCN1CCN(C(=O)OCc2ccccc2)CC1. The Morgan fingerprint density at radius 1 is 0.507 bits per heavy atom. The topological polar surface area (TPSA) is 246 Å². The van der Waals surface area contributed by atoms with E-state index in [1.54, 1.807) is 9.80 Å². The van der Waals surface area contributed by atoms with Crippen molar-refractivity contribution in [2.45, 2.75) is 26.6 Å². The number of hydrogen-bond acceptors (Lipinski definition) is 16. The summed E-state index contributed by atoms with van der Waals surface area (Å²) in [6.45, 7) is 19.0.